The maximum absolute atomic E-state index is 12.5. The highest BCUT2D eigenvalue weighted by Gasteiger charge is 2.15. The summed E-state index contributed by atoms with van der Waals surface area (Å²) >= 11 is 0. The van der Waals surface area contributed by atoms with Crippen LogP contribution in [0.15, 0.2) is 77.7 Å². The molecule has 0 saturated heterocycles. The van der Waals surface area contributed by atoms with Gasteiger partial charge in [0, 0.05) is 0 Å². The molecule has 0 radical (unpaired) electrons. The van der Waals surface area contributed by atoms with E-state index in [0.29, 0.717) is 12.4 Å². The zero-order valence-corrected chi connectivity index (χ0v) is 17.4. The van der Waals surface area contributed by atoms with Crippen LogP contribution in [-0.2, 0) is 16.4 Å². The Labute approximate surface area is 180 Å². The number of carboxylic acids is 1. The summed E-state index contributed by atoms with van der Waals surface area (Å²) in [5, 5.41) is 18.5. The van der Waals surface area contributed by atoms with Crippen LogP contribution in [-0.4, -0.2) is 37.0 Å². The molecule has 0 bridgehead atoms. The van der Waals surface area contributed by atoms with Gasteiger partial charge in [-0.2, -0.15) is 0 Å². The molecule has 0 aliphatic rings. The van der Waals surface area contributed by atoms with E-state index in [1.807, 2.05) is 30.3 Å². The molecule has 0 saturated carbocycles. The molecule has 3 aromatic carbocycles. The van der Waals surface area contributed by atoms with E-state index in [2.05, 4.69) is 0 Å². The van der Waals surface area contributed by atoms with Crippen LogP contribution >= 0.6 is 0 Å². The highest BCUT2D eigenvalue weighted by Crippen LogP contribution is 2.23. The number of ether oxygens (including phenoxy) is 2. The predicted molar refractivity (Wildman–Crippen MR) is 114 cm³/mol. The quantitative estimate of drug-likeness (QED) is 0.458. The van der Waals surface area contributed by atoms with Crippen molar-refractivity contribution in [3.8, 4) is 17.2 Å². The van der Waals surface area contributed by atoms with Crippen LogP contribution in [0.1, 0.15) is 22.3 Å². The van der Waals surface area contributed by atoms with Crippen LogP contribution in [0.3, 0.4) is 0 Å². The Morgan fingerprint density at radius 3 is 2.23 bits per heavy atom. The summed E-state index contributed by atoms with van der Waals surface area (Å²) in [7, 11) is -3.50. The fourth-order valence-electron chi connectivity index (χ4n) is 2.82. The molecule has 3 rings (SSSR count). The zero-order chi connectivity index (χ0) is 22.3. The summed E-state index contributed by atoms with van der Waals surface area (Å²) in [6, 6.07) is 19.8. The van der Waals surface area contributed by atoms with Crippen molar-refractivity contribution in [2.75, 3.05) is 12.4 Å². The summed E-state index contributed by atoms with van der Waals surface area (Å²) in [4.78, 5) is 11.2. The number of carboxylic acid groups (broad SMARTS) is 1. The highest BCUT2D eigenvalue weighted by molar-refractivity contribution is 7.91. The molecular weight excluding hydrogens is 420 g/mol. The van der Waals surface area contributed by atoms with E-state index in [4.69, 9.17) is 14.6 Å². The molecule has 2 N–H and O–H groups in total. The van der Waals surface area contributed by atoms with Gasteiger partial charge in [-0.15, -0.1) is 0 Å². The minimum atomic E-state index is -3.50. The lowest BCUT2D eigenvalue weighted by atomic mass is 10.2. The Hall–Kier alpha value is -3.52. The van der Waals surface area contributed by atoms with Crippen LogP contribution in [0.5, 0.6) is 17.2 Å². The lowest BCUT2D eigenvalue weighted by Crippen LogP contribution is -2.10. The molecule has 0 aliphatic heterocycles. The molecule has 0 aromatic heterocycles. The van der Waals surface area contributed by atoms with Crippen molar-refractivity contribution in [3.63, 3.8) is 0 Å². The summed E-state index contributed by atoms with van der Waals surface area (Å²) < 4.78 is 36.1. The minimum Gasteiger partial charge on any atom is -0.507 e. The Bertz CT molecular complexity index is 1120. The van der Waals surface area contributed by atoms with Crippen LogP contribution in [0, 0.1) is 0 Å². The van der Waals surface area contributed by atoms with E-state index in [1.165, 1.54) is 30.3 Å². The van der Waals surface area contributed by atoms with Crippen molar-refractivity contribution < 1.29 is 32.9 Å². The molecule has 7 nitrogen and oxygen atoms in total. The second-order valence-electron chi connectivity index (χ2n) is 6.75. The molecule has 0 heterocycles. The standard InChI is InChI=1S/C23H22O7S/c24-22-12-9-19(15-21(22)23(25)26)29-13-4-14-31(27,28)20-10-7-18(8-11-20)30-16-17-5-2-1-3-6-17/h1-3,5-12,15,24H,4,13-14,16H2,(H,25,26). The second kappa shape index (κ2) is 9.99. The van der Waals surface area contributed by atoms with Crippen LogP contribution in [0.2, 0.25) is 0 Å². The van der Waals surface area contributed by atoms with E-state index in [1.54, 1.807) is 12.1 Å². The molecule has 8 heteroatoms. The van der Waals surface area contributed by atoms with Gasteiger partial charge in [0.1, 0.15) is 29.4 Å². The molecule has 162 valence electrons. The molecule has 0 unspecified atom stereocenters. The number of sulfone groups is 1. The monoisotopic (exact) mass is 442 g/mol. The Morgan fingerprint density at radius 2 is 1.55 bits per heavy atom. The van der Waals surface area contributed by atoms with Crippen LogP contribution in [0.25, 0.3) is 0 Å². The maximum Gasteiger partial charge on any atom is 0.339 e. The smallest absolute Gasteiger partial charge is 0.339 e. The third-order valence-electron chi connectivity index (χ3n) is 4.46. The second-order valence-corrected chi connectivity index (χ2v) is 8.86. The van der Waals surface area contributed by atoms with Crippen molar-refractivity contribution in [1.82, 2.24) is 0 Å². The minimum absolute atomic E-state index is 0.0847. The third kappa shape index (κ3) is 6.23. The van der Waals surface area contributed by atoms with Crippen LogP contribution in [0.4, 0.5) is 0 Å². The molecule has 3 aromatic rings. The van der Waals surface area contributed by atoms with Gasteiger partial charge in [-0.1, -0.05) is 30.3 Å². The number of phenols is 1. The molecule has 0 amide bonds. The van der Waals surface area contributed by atoms with Gasteiger partial charge in [-0.05, 0) is 54.4 Å². The summed E-state index contributed by atoms with van der Waals surface area (Å²) in [6.45, 7) is 0.479. The molecule has 0 spiro atoms. The van der Waals surface area contributed by atoms with E-state index in [9.17, 15) is 18.3 Å². The van der Waals surface area contributed by atoms with E-state index >= 15 is 0 Å². The predicted octanol–water partition coefficient (Wildman–Crippen LogP) is 3.91. The van der Waals surface area contributed by atoms with Crippen molar-refractivity contribution in [2.45, 2.75) is 17.9 Å². The van der Waals surface area contributed by atoms with Gasteiger partial charge in [-0.25, -0.2) is 13.2 Å². The number of rotatable bonds is 10. The average molecular weight is 442 g/mol. The highest BCUT2D eigenvalue weighted by atomic mass is 32.2. The number of aromatic hydroxyl groups is 1. The van der Waals surface area contributed by atoms with Crippen molar-refractivity contribution in [3.05, 3.63) is 83.9 Å². The van der Waals surface area contributed by atoms with Gasteiger partial charge in [0.15, 0.2) is 9.84 Å². The number of hydrogen-bond acceptors (Lipinski definition) is 6. The fourth-order valence-corrected chi connectivity index (χ4v) is 4.10. The first-order valence-electron chi connectivity index (χ1n) is 9.54. The lowest BCUT2D eigenvalue weighted by molar-refractivity contribution is 0.0693. The number of carbonyl (C=O) groups is 1. The first-order chi connectivity index (χ1) is 14.8. The molecule has 31 heavy (non-hydrogen) atoms. The van der Waals surface area contributed by atoms with E-state index < -0.39 is 15.8 Å². The zero-order valence-electron chi connectivity index (χ0n) is 16.6. The largest absolute Gasteiger partial charge is 0.507 e. The molecule has 0 atom stereocenters. The van der Waals surface area contributed by atoms with Crippen molar-refractivity contribution in [1.29, 1.82) is 0 Å². The topological polar surface area (TPSA) is 110 Å². The van der Waals surface area contributed by atoms with E-state index in [-0.39, 0.29) is 40.7 Å². The number of hydrogen-bond donors (Lipinski definition) is 2. The third-order valence-corrected chi connectivity index (χ3v) is 6.27. The van der Waals surface area contributed by atoms with E-state index in [0.717, 1.165) is 5.56 Å². The van der Waals surface area contributed by atoms with Gasteiger partial charge in [-0.3, -0.25) is 0 Å². The Morgan fingerprint density at radius 1 is 0.871 bits per heavy atom. The Kier molecular flexibility index (Phi) is 7.15. The van der Waals surface area contributed by atoms with Crippen LogP contribution < -0.4 is 9.47 Å². The first-order valence-corrected chi connectivity index (χ1v) is 11.2. The van der Waals surface area contributed by atoms with Gasteiger partial charge in [0.05, 0.1) is 17.3 Å². The normalized spacial score (nSPS) is 11.1. The van der Waals surface area contributed by atoms with Gasteiger partial charge < -0.3 is 19.7 Å². The van der Waals surface area contributed by atoms with Crippen molar-refractivity contribution in [2.24, 2.45) is 0 Å². The van der Waals surface area contributed by atoms with Crippen molar-refractivity contribution >= 4 is 15.8 Å². The SMILES string of the molecule is O=C(O)c1cc(OCCCS(=O)(=O)c2ccc(OCc3ccccc3)cc2)ccc1O. The average Bonchev–Trinajstić information content (AvgIpc) is 2.77. The first kappa shape index (κ1) is 22.2. The molecule has 0 fully saturated rings. The maximum atomic E-state index is 12.5. The lowest BCUT2D eigenvalue weighted by Gasteiger charge is -2.09. The molecule has 0 aliphatic carbocycles. The number of aromatic carboxylic acids is 1. The summed E-state index contributed by atoms with van der Waals surface area (Å²) in [5.74, 6) is -0.943. The summed E-state index contributed by atoms with van der Waals surface area (Å²) in [5.41, 5.74) is 0.739. The Balaban J connectivity index is 1.50. The summed E-state index contributed by atoms with van der Waals surface area (Å²) in [6.07, 6.45) is 0.220. The van der Waals surface area contributed by atoms with Gasteiger partial charge in [0.2, 0.25) is 0 Å². The van der Waals surface area contributed by atoms with Gasteiger partial charge in [0.25, 0.3) is 0 Å². The number of benzene rings is 3. The van der Waals surface area contributed by atoms with Gasteiger partial charge >= 0.3 is 5.97 Å². The fraction of sp³-hybridized carbons (Fsp3) is 0.174. The molecular formula is C23H22O7S.